The summed E-state index contributed by atoms with van der Waals surface area (Å²) in [6, 6.07) is 13.7. The molecule has 4 aromatic rings. The first kappa shape index (κ1) is 19.9. The summed E-state index contributed by atoms with van der Waals surface area (Å²) < 4.78 is 14.1. The fraction of sp³-hybridized carbons (Fsp3) is 0.130. The minimum Gasteiger partial charge on any atom is -0.507 e. The summed E-state index contributed by atoms with van der Waals surface area (Å²) in [5.41, 5.74) is 4.65. The molecule has 0 saturated carbocycles. The van der Waals surface area contributed by atoms with Gasteiger partial charge in [0.25, 0.3) is 0 Å². The largest absolute Gasteiger partial charge is 0.507 e. The molecule has 2 heterocycles. The van der Waals surface area contributed by atoms with Crippen LogP contribution in [0.5, 0.6) is 5.75 Å². The van der Waals surface area contributed by atoms with Crippen LogP contribution in [-0.4, -0.2) is 26.6 Å². The Morgan fingerprint density at radius 3 is 2.73 bits per heavy atom. The van der Waals surface area contributed by atoms with Gasteiger partial charge in [0.15, 0.2) is 0 Å². The van der Waals surface area contributed by atoms with Gasteiger partial charge in [0.2, 0.25) is 0 Å². The molecular weight excluding hydrogens is 403 g/mol. The van der Waals surface area contributed by atoms with Crippen LogP contribution in [0.2, 0.25) is 5.02 Å². The van der Waals surface area contributed by atoms with Crippen LogP contribution >= 0.6 is 11.6 Å². The number of H-pyrrole nitrogens is 1. The number of imidazole rings is 1. The molecule has 5 nitrogen and oxygen atoms in total. The standard InChI is InChI=1S/C23H20ClFN4O/c1-14-2-5-22(30)18(8-14)21-10-16(15-3-4-19(24)20(25)9-15)11-23(29-21)27-7-6-17-12-26-13-28-17/h2-5,8-13,30H,6-7H2,1H3,(H,26,28)(H,27,29). The van der Waals surface area contributed by atoms with Gasteiger partial charge in [0.1, 0.15) is 17.4 Å². The lowest BCUT2D eigenvalue weighted by Gasteiger charge is -2.13. The second-order valence-corrected chi connectivity index (χ2v) is 7.44. The first-order chi connectivity index (χ1) is 14.5. The van der Waals surface area contributed by atoms with E-state index in [1.54, 1.807) is 24.7 Å². The van der Waals surface area contributed by atoms with Crippen molar-refractivity contribution in [2.24, 2.45) is 0 Å². The normalized spacial score (nSPS) is 10.9. The van der Waals surface area contributed by atoms with Crippen molar-refractivity contribution in [3.63, 3.8) is 0 Å². The number of anilines is 1. The second-order valence-electron chi connectivity index (χ2n) is 7.03. The van der Waals surface area contributed by atoms with Crippen LogP contribution in [0.25, 0.3) is 22.4 Å². The Bertz CT molecular complexity index is 1180. The summed E-state index contributed by atoms with van der Waals surface area (Å²) in [5.74, 6) is 0.272. The maximum Gasteiger partial charge on any atom is 0.142 e. The Morgan fingerprint density at radius 1 is 1.10 bits per heavy atom. The predicted molar refractivity (Wildman–Crippen MR) is 117 cm³/mol. The summed E-state index contributed by atoms with van der Waals surface area (Å²) in [6.07, 6.45) is 4.16. The number of hydrogen-bond donors (Lipinski definition) is 3. The number of pyridine rings is 1. The molecule has 3 N–H and O–H groups in total. The van der Waals surface area contributed by atoms with Gasteiger partial charge < -0.3 is 15.4 Å². The molecule has 0 aliphatic carbocycles. The van der Waals surface area contributed by atoms with E-state index < -0.39 is 5.82 Å². The van der Waals surface area contributed by atoms with Crippen LogP contribution in [0.3, 0.4) is 0 Å². The first-order valence-electron chi connectivity index (χ1n) is 9.48. The van der Waals surface area contributed by atoms with Gasteiger partial charge in [-0.3, -0.25) is 0 Å². The predicted octanol–water partition coefficient (Wildman–Crippen LogP) is 5.60. The van der Waals surface area contributed by atoms with E-state index in [4.69, 9.17) is 11.6 Å². The van der Waals surface area contributed by atoms with Gasteiger partial charge in [0, 0.05) is 30.4 Å². The molecule has 2 aromatic carbocycles. The summed E-state index contributed by atoms with van der Waals surface area (Å²) >= 11 is 5.84. The zero-order valence-corrected chi connectivity index (χ0v) is 17.0. The number of aryl methyl sites for hydroxylation is 1. The van der Waals surface area contributed by atoms with Crippen LogP contribution in [0.15, 0.2) is 61.1 Å². The molecule has 0 atom stereocenters. The van der Waals surface area contributed by atoms with Crippen molar-refractivity contribution in [1.29, 1.82) is 0 Å². The topological polar surface area (TPSA) is 73.8 Å². The van der Waals surface area contributed by atoms with E-state index in [0.717, 1.165) is 23.2 Å². The quantitative estimate of drug-likeness (QED) is 0.378. The molecular formula is C23H20ClFN4O. The number of aromatic nitrogens is 3. The highest BCUT2D eigenvalue weighted by atomic mass is 35.5. The minimum atomic E-state index is -0.486. The van der Waals surface area contributed by atoms with E-state index in [1.807, 2.05) is 31.2 Å². The van der Waals surface area contributed by atoms with Crippen molar-refractivity contribution in [1.82, 2.24) is 15.0 Å². The molecule has 7 heteroatoms. The molecule has 0 unspecified atom stereocenters. The summed E-state index contributed by atoms with van der Waals surface area (Å²) in [5, 5.41) is 13.7. The highest BCUT2D eigenvalue weighted by Crippen LogP contribution is 2.34. The smallest absolute Gasteiger partial charge is 0.142 e. The lowest BCUT2D eigenvalue weighted by Crippen LogP contribution is -2.07. The highest BCUT2D eigenvalue weighted by Gasteiger charge is 2.12. The van der Waals surface area contributed by atoms with E-state index in [9.17, 15) is 9.50 Å². The Balaban J connectivity index is 1.72. The molecule has 0 saturated heterocycles. The number of aromatic hydroxyl groups is 1. The molecule has 0 spiro atoms. The van der Waals surface area contributed by atoms with Gasteiger partial charge in [-0.05, 0) is 54.4 Å². The highest BCUT2D eigenvalue weighted by molar-refractivity contribution is 6.30. The molecule has 2 aromatic heterocycles. The van der Waals surface area contributed by atoms with Crippen molar-refractivity contribution in [3.8, 4) is 28.1 Å². The molecule has 0 aliphatic heterocycles. The van der Waals surface area contributed by atoms with Gasteiger partial charge in [-0.2, -0.15) is 0 Å². The van der Waals surface area contributed by atoms with Gasteiger partial charge in [0.05, 0.1) is 17.0 Å². The Kier molecular flexibility index (Phi) is 5.68. The van der Waals surface area contributed by atoms with Crippen LogP contribution < -0.4 is 5.32 Å². The summed E-state index contributed by atoms with van der Waals surface area (Å²) in [7, 11) is 0. The van der Waals surface area contributed by atoms with E-state index >= 15 is 0 Å². The Labute approximate surface area is 178 Å². The minimum absolute atomic E-state index is 0.0715. The number of aromatic amines is 1. The molecule has 30 heavy (non-hydrogen) atoms. The third-order valence-electron chi connectivity index (χ3n) is 4.76. The average molecular weight is 423 g/mol. The molecule has 0 radical (unpaired) electrons. The van der Waals surface area contributed by atoms with E-state index in [1.165, 1.54) is 12.1 Å². The van der Waals surface area contributed by atoms with E-state index in [0.29, 0.717) is 29.2 Å². The average Bonchev–Trinajstić information content (AvgIpc) is 3.25. The van der Waals surface area contributed by atoms with Crippen molar-refractivity contribution >= 4 is 17.4 Å². The lowest BCUT2D eigenvalue weighted by atomic mass is 10.0. The van der Waals surface area contributed by atoms with Crippen LogP contribution in [0, 0.1) is 12.7 Å². The molecule has 4 rings (SSSR count). The van der Waals surface area contributed by atoms with Crippen LogP contribution in [0.1, 0.15) is 11.3 Å². The number of rotatable bonds is 6. The van der Waals surface area contributed by atoms with E-state index in [2.05, 4.69) is 20.3 Å². The zero-order chi connectivity index (χ0) is 21.1. The Hall–Kier alpha value is -3.38. The summed E-state index contributed by atoms with van der Waals surface area (Å²) in [4.78, 5) is 11.8. The third-order valence-corrected chi connectivity index (χ3v) is 5.07. The van der Waals surface area contributed by atoms with Gasteiger partial charge in [-0.15, -0.1) is 0 Å². The SMILES string of the molecule is Cc1ccc(O)c(-c2cc(-c3ccc(Cl)c(F)c3)cc(NCCc3cnc[nH]3)n2)c1. The molecule has 0 bridgehead atoms. The second kappa shape index (κ2) is 8.55. The Morgan fingerprint density at radius 2 is 1.97 bits per heavy atom. The number of phenols is 1. The molecule has 152 valence electrons. The number of nitrogens with zero attached hydrogens (tertiary/aromatic N) is 2. The van der Waals surface area contributed by atoms with Gasteiger partial charge in [-0.25, -0.2) is 14.4 Å². The van der Waals surface area contributed by atoms with Gasteiger partial charge >= 0.3 is 0 Å². The first-order valence-corrected chi connectivity index (χ1v) is 9.86. The van der Waals surface area contributed by atoms with Crippen molar-refractivity contribution < 1.29 is 9.50 Å². The van der Waals surface area contributed by atoms with Crippen LogP contribution in [-0.2, 0) is 6.42 Å². The number of phenolic OH excluding ortho intramolecular Hbond substituents is 1. The third kappa shape index (κ3) is 4.44. The number of halogens is 2. The zero-order valence-electron chi connectivity index (χ0n) is 16.3. The number of hydrogen-bond acceptors (Lipinski definition) is 4. The molecule has 0 fully saturated rings. The fourth-order valence-electron chi connectivity index (χ4n) is 3.20. The monoisotopic (exact) mass is 422 g/mol. The lowest BCUT2D eigenvalue weighted by molar-refractivity contribution is 0.477. The number of nitrogens with one attached hydrogen (secondary N) is 2. The number of benzene rings is 2. The van der Waals surface area contributed by atoms with E-state index in [-0.39, 0.29) is 10.8 Å². The molecule has 0 amide bonds. The maximum absolute atomic E-state index is 14.1. The maximum atomic E-state index is 14.1. The fourth-order valence-corrected chi connectivity index (χ4v) is 3.32. The molecule has 0 aliphatic rings. The van der Waals surface area contributed by atoms with Gasteiger partial charge in [-0.1, -0.05) is 29.3 Å². The van der Waals surface area contributed by atoms with Crippen molar-refractivity contribution in [2.75, 3.05) is 11.9 Å². The summed E-state index contributed by atoms with van der Waals surface area (Å²) in [6.45, 7) is 2.58. The van der Waals surface area contributed by atoms with Crippen molar-refractivity contribution in [3.05, 3.63) is 83.2 Å². The van der Waals surface area contributed by atoms with Crippen molar-refractivity contribution in [2.45, 2.75) is 13.3 Å². The van der Waals surface area contributed by atoms with Crippen LogP contribution in [0.4, 0.5) is 10.2 Å².